The Hall–Kier alpha value is -2.43. The number of ether oxygens (including phenoxy) is 1. The fourth-order valence-electron chi connectivity index (χ4n) is 1.71. The number of nitrogens with zero attached hydrogens (tertiary/aromatic N) is 2. The van der Waals surface area contributed by atoms with E-state index in [1.54, 1.807) is 36.7 Å². The Labute approximate surface area is 118 Å². The van der Waals surface area contributed by atoms with Crippen molar-refractivity contribution in [3.8, 4) is 5.75 Å². The van der Waals surface area contributed by atoms with Crippen molar-refractivity contribution in [1.82, 2.24) is 9.97 Å². The molecule has 2 aromatic rings. The molecule has 0 bridgehead atoms. The fourth-order valence-corrected chi connectivity index (χ4v) is 1.71. The molecule has 1 aromatic heterocycles. The Morgan fingerprint density at radius 2 is 1.95 bits per heavy atom. The molecule has 1 heterocycles. The van der Waals surface area contributed by atoms with Crippen LogP contribution in [-0.4, -0.2) is 22.0 Å². The highest BCUT2D eigenvalue weighted by Crippen LogP contribution is 2.20. The minimum Gasteiger partial charge on any atom is -0.491 e. The van der Waals surface area contributed by atoms with E-state index in [0.29, 0.717) is 5.56 Å². The van der Waals surface area contributed by atoms with Crippen LogP contribution in [0.2, 0.25) is 0 Å². The topological polar surface area (TPSA) is 64.1 Å². The first-order valence-corrected chi connectivity index (χ1v) is 6.42. The van der Waals surface area contributed by atoms with E-state index in [2.05, 4.69) is 15.3 Å². The molecule has 0 aliphatic heterocycles. The molecule has 0 unspecified atom stereocenters. The molecule has 0 atom stereocenters. The van der Waals surface area contributed by atoms with Gasteiger partial charge in [-0.25, -0.2) is 9.97 Å². The van der Waals surface area contributed by atoms with Crippen LogP contribution in [0.5, 0.6) is 5.75 Å². The molecule has 5 heteroatoms. The highest BCUT2D eigenvalue weighted by Gasteiger charge is 2.10. The molecule has 2 rings (SSSR count). The van der Waals surface area contributed by atoms with Gasteiger partial charge in [0.2, 0.25) is 5.95 Å². The van der Waals surface area contributed by atoms with Gasteiger partial charge in [0, 0.05) is 18.0 Å². The van der Waals surface area contributed by atoms with Gasteiger partial charge >= 0.3 is 0 Å². The van der Waals surface area contributed by atoms with Crippen molar-refractivity contribution >= 4 is 11.9 Å². The molecular weight excluding hydrogens is 254 g/mol. The van der Waals surface area contributed by atoms with E-state index < -0.39 is 0 Å². The van der Waals surface area contributed by atoms with E-state index in [0.717, 1.165) is 11.3 Å². The molecule has 0 radical (unpaired) electrons. The number of benzene rings is 1. The quantitative estimate of drug-likeness (QED) is 0.928. The summed E-state index contributed by atoms with van der Waals surface area (Å²) in [4.78, 5) is 20.0. The summed E-state index contributed by atoms with van der Waals surface area (Å²) in [6, 6.07) is 7.01. The second-order valence-corrected chi connectivity index (χ2v) is 4.67. The van der Waals surface area contributed by atoms with Crippen molar-refractivity contribution in [2.75, 3.05) is 5.32 Å². The molecule has 104 valence electrons. The van der Waals surface area contributed by atoms with Crippen LogP contribution >= 0.6 is 0 Å². The summed E-state index contributed by atoms with van der Waals surface area (Å²) < 4.78 is 5.64. The second-order valence-electron chi connectivity index (χ2n) is 4.67. The van der Waals surface area contributed by atoms with E-state index >= 15 is 0 Å². The van der Waals surface area contributed by atoms with Crippen LogP contribution in [0, 0.1) is 6.92 Å². The lowest BCUT2D eigenvalue weighted by Gasteiger charge is -2.13. The molecule has 1 aromatic carbocycles. The van der Waals surface area contributed by atoms with Crippen LogP contribution in [0.3, 0.4) is 0 Å². The molecule has 5 nitrogen and oxygen atoms in total. The number of amides is 1. The molecule has 20 heavy (non-hydrogen) atoms. The number of rotatable bonds is 4. The standard InChI is InChI=1S/C15H17N3O2/c1-10(2)20-13-6-5-12(9-11(13)3)14(19)18-15-16-7-4-8-17-15/h4-10H,1-3H3,(H,16,17,18,19). The van der Waals surface area contributed by atoms with Crippen molar-refractivity contribution in [2.24, 2.45) is 0 Å². The van der Waals surface area contributed by atoms with Crippen LogP contribution in [0.4, 0.5) is 5.95 Å². The predicted octanol–water partition coefficient (Wildman–Crippen LogP) is 2.82. The highest BCUT2D eigenvalue weighted by atomic mass is 16.5. The van der Waals surface area contributed by atoms with Gasteiger partial charge in [-0.3, -0.25) is 10.1 Å². The molecule has 0 saturated heterocycles. The number of nitrogens with one attached hydrogen (secondary N) is 1. The lowest BCUT2D eigenvalue weighted by molar-refractivity contribution is 0.102. The summed E-state index contributed by atoms with van der Waals surface area (Å²) in [5.74, 6) is 0.834. The van der Waals surface area contributed by atoms with Gasteiger partial charge in [0.1, 0.15) is 5.75 Å². The molecule has 1 N–H and O–H groups in total. The molecule has 0 spiro atoms. The zero-order valence-corrected chi connectivity index (χ0v) is 11.8. The first kappa shape index (κ1) is 14.0. The van der Waals surface area contributed by atoms with E-state index in [1.807, 2.05) is 20.8 Å². The minimum absolute atomic E-state index is 0.103. The molecule has 0 aliphatic rings. The average Bonchev–Trinajstić information content (AvgIpc) is 2.41. The second kappa shape index (κ2) is 6.14. The zero-order chi connectivity index (χ0) is 14.5. The first-order chi connectivity index (χ1) is 9.56. The van der Waals surface area contributed by atoms with Crippen molar-refractivity contribution in [1.29, 1.82) is 0 Å². The van der Waals surface area contributed by atoms with Crippen molar-refractivity contribution in [2.45, 2.75) is 26.9 Å². The zero-order valence-electron chi connectivity index (χ0n) is 11.8. The van der Waals surface area contributed by atoms with Gasteiger partial charge in [-0.15, -0.1) is 0 Å². The third-order valence-corrected chi connectivity index (χ3v) is 2.59. The van der Waals surface area contributed by atoms with Gasteiger partial charge in [-0.1, -0.05) is 0 Å². The van der Waals surface area contributed by atoms with Crippen molar-refractivity contribution in [3.05, 3.63) is 47.8 Å². The molecule has 0 fully saturated rings. The van der Waals surface area contributed by atoms with Crippen LogP contribution in [-0.2, 0) is 0 Å². The Morgan fingerprint density at radius 1 is 1.25 bits per heavy atom. The largest absolute Gasteiger partial charge is 0.491 e. The Morgan fingerprint density at radius 3 is 2.55 bits per heavy atom. The summed E-state index contributed by atoms with van der Waals surface area (Å²) in [6.45, 7) is 5.84. The molecule has 0 aliphatic carbocycles. The van der Waals surface area contributed by atoms with Gasteiger partial charge in [0.25, 0.3) is 5.91 Å². The number of carbonyl (C=O) groups is 1. The molecular formula is C15H17N3O2. The maximum Gasteiger partial charge on any atom is 0.258 e. The van der Waals surface area contributed by atoms with Crippen LogP contribution < -0.4 is 10.1 Å². The summed E-state index contributed by atoms with van der Waals surface area (Å²) in [7, 11) is 0. The van der Waals surface area contributed by atoms with E-state index in [-0.39, 0.29) is 18.0 Å². The molecule has 1 amide bonds. The number of aromatic nitrogens is 2. The van der Waals surface area contributed by atoms with Crippen molar-refractivity contribution < 1.29 is 9.53 Å². The van der Waals surface area contributed by atoms with Gasteiger partial charge < -0.3 is 4.74 Å². The van der Waals surface area contributed by atoms with E-state index in [4.69, 9.17) is 4.74 Å². The summed E-state index contributed by atoms with van der Waals surface area (Å²) in [6.07, 6.45) is 3.26. The number of anilines is 1. The van der Waals surface area contributed by atoms with Gasteiger partial charge in [-0.05, 0) is 50.6 Å². The van der Waals surface area contributed by atoms with Gasteiger partial charge in [0.15, 0.2) is 0 Å². The lowest BCUT2D eigenvalue weighted by Crippen LogP contribution is -2.14. The maximum absolute atomic E-state index is 12.1. The van der Waals surface area contributed by atoms with E-state index in [9.17, 15) is 4.79 Å². The Kier molecular flexibility index (Phi) is 4.30. The van der Waals surface area contributed by atoms with Crippen LogP contribution in [0.1, 0.15) is 29.8 Å². The highest BCUT2D eigenvalue weighted by molar-refractivity contribution is 6.03. The minimum atomic E-state index is -0.240. The Balaban J connectivity index is 2.13. The first-order valence-electron chi connectivity index (χ1n) is 6.42. The predicted molar refractivity (Wildman–Crippen MR) is 76.9 cm³/mol. The number of aryl methyl sites for hydroxylation is 1. The fraction of sp³-hybridized carbons (Fsp3) is 0.267. The summed E-state index contributed by atoms with van der Waals surface area (Å²) in [5, 5.41) is 2.64. The van der Waals surface area contributed by atoms with Crippen LogP contribution in [0.15, 0.2) is 36.7 Å². The van der Waals surface area contributed by atoms with Crippen molar-refractivity contribution in [3.63, 3.8) is 0 Å². The SMILES string of the molecule is Cc1cc(C(=O)Nc2ncccn2)ccc1OC(C)C. The third kappa shape index (κ3) is 3.54. The average molecular weight is 271 g/mol. The lowest BCUT2D eigenvalue weighted by atomic mass is 10.1. The number of carbonyl (C=O) groups excluding carboxylic acids is 1. The Bertz CT molecular complexity index is 597. The number of hydrogen-bond acceptors (Lipinski definition) is 4. The number of hydrogen-bond donors (Lipinski definition) is 1. The summed E-state index contributed by atoms with van der Waals surface area (Å²) >= 11 is 0. The monoisotopic (exact) mass is 271 g/mol. The maximum atomic E-state index is 12.1. The van der Waals surface area contributed by atoms with Gasteiger partial charge in [-0.2, -0.15) is 0 Å². The normalized spacial score (nSPS) is 10.4. The van der Waals surface area contributed by atoms with Gasteiger partial charge in [0.05, 0.1) is 6.10 Å². The smallest absolute Gasteiger partial charge is 0.258 e. The van der Waals surface area contributed by atoms with Crippen LogP contribution in [0.25, 0.3) is 0 Å². The van der Waals surface area contributed by atoms with E-state index in [1.165, 1.54) is 0 Å². The third-order valence-electron chi connectivity index (χ3n) is 2.59. The molecule has 0 saturated carbocycles. The summed E-state index contributed by atoms with van der Waals surface area (Å²) in [5.41, 5.74) is 1.46.